The number of carbonyl (C=O) groups is 2. The van der Waals surface area contributed by atoms with Crippen molar-refractivity contribution in [2.75, 3.05) is 7.11 Å². The van der Waals surface area contributed by atoms with Gasteiger partial charge in [0.15, 0.2) is 5.12 Å². The van der Waals surface area contributed by atoms with Crippen LogP contribution in [0, 0.1) is 11.8 Å². The van der Waals surface area contributed by atoms with Crippen molar-refractivity contribution in [1.29, 1.82) is 0 Å². The molecule has 0 aromatic rings. The summed E-state index contributed by atoms with van der Waals surface area (Å²) in [7, 11) is 1.42. The predicted octanol–water partition coefficient (Wildman–Crippen LogP) is 4.19. The molecule has 0 N–H and O–H groups in total. The van der Waals surface area contributed by atoms with Crippen LogP contribution in [0.3, 0.4) is 0 Å². The Bertz CT molecular complexity index is 327. The van der Waals surface area contributed by atoms with Crippen LogP contribution in [0.2, 0.25) is 0 Å². The lowest BCUT2D eigenvalue weighted by atomic mass is 9.77. The second kappa shape index (κ2) is 8.06. The van der Waals surface area contributed by atoms with Crippen molar-refractivity contribution in [1.82, 2.24) is 0 Å². The maximum absolute atomic E-state index is 12.2. The molecule has 0 aromatic carbocycles. The quantitative estimate of drug-likeness (QED) is 0.714. The van der Waals surface area contributed by atoms with Gasteiger partial charge in [0.25, 0.3) is 0 Å². The SMILES string of the molecule is COC(=O)C[C@@H](CC(=O)SC(C)(C)C)C1CCCCC1. The van der Waals surface area contributed by atoms with Gasteiger partial charge in [-0.1, -0.05) is 64.6 Å². The number of rotatable bonds is 5. The van der Waals surface area contributed by atoms with E-state index in [1.165, 1.54) is 38.1 Å². The first-order valence-corrected chi connectivity index (χ1v) is 8.42. The van der Waals surface area contributed by atoms with Crippen LogP contribution in [0.4, 0.5) is 0 Å². The number of carbonyl (C=O) groups excluding carboxylic acids is 2. The van der Waals surface area contributed by atoms with Crippen molar-refractivity contribution in [2.24, 2.45) is 11.8 Å². The van der Waals surface area contributed by atoms with Gasteiger partial charge in [-0.3, -0.25) is 9.59 Å². The monoisotopic (exact) mass is 300 g/mol. The molecule has 0 amide bonds. The summed E-state index contributed by atoms with van der Waals surface area (Å²) in [5, 5.41) is 0.206. The topological polar surface area (TPSA) is 43.4 Å². The lowest BCUT2D eigenvalue weighted by molar-refractivity contribution is -0.142. The van der Waals surface area contributed by atoms with Crippen LogP contribution in [0.25, 0.3) is 0 Å². The minimum atomic E-state index is -0.186. The van der Waals surface area contributed by atoms with Crippen molar-refractivity contribution in [3.63, 3.8) is 0 Å². The molecule has 1 atom stereocenters. The molecule has 1 fully saturated rings. The molecule has 0 bridgehead atoms. The number of hydrogen-bond acceptors (Lipinski definition) is 4. The van der Waals surface area contributed by atoms with Crippen LogP contribution in [-0.4, -0.2) is 22.9 Å². The van der Waals surface area contributed by atoms with E-state index in [0.29, 0.717) is 18.8 Å². The van der Waals surface area contributed by atoms with E-state index in [4.69, 9.17) is 4.74 Å². The van der Waals surface area contributed by atoms with Crippen molar-refractivity contribution in [3.05, 3.63) is 0 Å². The molecule has 0 spiro atoms. The number of esters is 1. The highest BCUT2D eigenvalue weighted by atomic mass is 32.2. The van der Waals surface area contributed by atoms with Crippen LogP contribution in [-0.2, 0) is 14.3 Å². The minimum Gasteiger partial charge on any atom is -0.469 e. The van der Waals surface area contributed by atoms with E-state index in [1.807, 2.05) is 20.8 Å². The first kappa shape index (κ1) is 17.5. The van der Waals surface area contributed by atoms with Crippen molar-refractivity contribution >= 4 is 22.8 Å². The molecular weight excluding hydrogens is 272 g/mol. The van der Waals surface area contributed by atoms with E-state index < -0.39 is 0 Å². The Balaban J connectivity index is 2.61. The zero-order valence-corrected chi connectivity index (χ0v) is 14.1. The summed E-state index contributed by atoms with van der Waals surface area (Å²) >= 11 is 1.39. The number of thioether (sulfide) groups is 1. The molecule has 0 radical (unpaired) electrons. The summed E-state index contributed by atoms with van der Waals surface area (Å²) in [4.78, 5) is 23.8. The molecule has 0 saturated heterocycles. The van der Waals surface area contributed by atoms with E-state index in [2.05, 4.69) is 0 Å². The van der Waals surface area contributed by atoms with Crippen molar-refractivity contribution < 1.29 is 14.3 Å². The standard InChI is InChI=1S/C16H28O3S/c1-16(2,3)20-15(18)11-13(10-14(17)19-4)12-8-6-5-7-9-12/h12-13H,5-11H2,1-4H3/t13-/m0/s1. The first-order valence-electron chi connectivity index (χ1n) is 7.60. The predicted molar refractivity (Wildman–Crippen MR) is 83.7 cm³/mol. The summed E-state index contributed by atoms with van der Waals surface area (Å²) in [6.07, 6.45) is 6.92. The van der Waals surface area contributed by atoms with Crippen molar-refractivity contribution in [3.8, 4) is 0 Å². The zero-order chi connectivity index (χ0) is 15.2. The Morgan fingerprint density at radius 1 is 1.15 bits per heavy atom. The Hall–Kier alpha value is -0.510. The van der Waals surface area contributed by atoms with Crippen LogP contribution in [0.1, 0.15) is 65.7 Å². The molecule has 0 aromatic heterocycles. The molecule has 0 unspecified atom stereocenters. The van der Waals surface area contributed by atoms with Gasteiger partial charge in [0.1, 0.15) is 0 Å². The molecule has 116 valence electrons. The van der Waals surface area contributed by atoms with Gasteiger partial charge in [0.05, 0.1) is 7.11 Å². The Kier molecular flexibility index (Phi) is 7.07. The second-order valence-electron chi connectivity index (χ2n) is 6.73. The average molecular weight is 300 g/mol. The third-order valence-electron chi connectivity index (χ3n) is 3.82. The highest BCUT2D eigenvalue weighted by Crippen LogP contribution is 2.36. The average Bonchev–Trinajstić information content (AvgIpc) is 2.36. The summed E-state index contributed by atoms with van der Waals surface area (Å²) < 4.78 is 4.74. The fourth-order valence-corrected chi connectivity index (χ4v) is 3.89. The van der Waals surface area contributed by atoms with Gasteiger partial charge in [-0.05, 0) is 11.8 Å². The molecular formula is C16H28O3S. The third-order valence-corrected chi connectivity index (χ3v) is 4.83. The van der Waals surface area contributed by atoms with Gasteiger partial charge in [-0.15, -0.1) is 0 Å². The highest BCUT2D eigenvalue weighted by Gasteiger charge is 2.29. The maximum Gasteiger partial charge on any atom is 0.305 e. The van der Waals surface area contributed by atoms with Gasteiger partial charge in [0, 0.05) is 17.6 Å². The molecule has 0 aliphatic heterocycles. The van der Waals surface area contributed by atoms with Crippen LogP contribution in [0.15, 0.2) is 0 Å². The molecule has 0 heterocycles. The summed E-state index contributed by atoms with van der Waals surface area (Å²) in [5.41, 5.74) is 0. The van der Waals surface area contributed by atoms with Gasteiger partial charge in [-0.2, -0.15) is 0 Å². The third kappa shape index (κ3) is 6.78. The fourth-order valence-electron chi connectivity index (χ4n) is 2.91. The number of methoxy groups -OCH3 is 1. The summed E-state index contributed by atoms with van der Waals surface area (Å²) in [5.74, 6) is 0.478. The second-order valence-corrected chi connectivity index (χ2v) is 8.61. The minimum absolute atomic E-state index is 0.0561. The first-order chi connectivity index (χ1) is 9.31. The fraction of sp³-hybridized carbons (Fsp3) is 0.875. The van der Waals surface area contributed by atoms with Crippen LogP contribution >= 0.6 is 11.8 Å². The normalized spacial score (nSPS) is 18.6. The van der Waals surface area contributed by atoms with Crippen LogP contribution in [0.5, 0.6) is 0 Å². The van der Waals surface area contributed by atoms with E-state index in [1.54, 1.807) is 0 Å². The lowest BCUT2D eigenvalue weighted by Crippen LogP contribution is -2.24. The molecule has 4 heteroatoms. The van der Waals surface area contributed by atoms with Gasteiger partial charge in [0.2, 0.25) is 0 Å². The zero-order valence-electron chi connectivity index (χ0n) is 13.2. The van der Waals surface area contributed by atoms with Gasteiger partial charge in [-0.25, -0.2) is 0 Å². The molecule has 3 nitrogen and oxygen atoms in total. The van der Waals surface area contributed by atoms with E-state index in [9.17, 15) is 9.59 Å². The molecule has 20 heavy (non-hydrogen) atoms. The molecule has 1 aliphatic carbocycles. The summed E-state index contributed by atoms with van der Waals surface area (Å²) in [6, 6.07) is 0. The smallest absolute Gasteiger partial charge is 0.305 e. The number of hydrogen-bond donors (Lipinski definition) is 0. The van der Waals surface area contributed by atoms with E-state index in [0.717, 1.165) is 12.8 Å². The molecule has 1 rings (SSSR count). The number of ether oxygens (including phenoxy) is 1. The Labute approximate surface area is 127 Å². The Morgan fingerprint density at radius 3 is 2.25 bits per heavy atom. The van der Waals surface area contributed by atoms with E-state index >= 15 is 0 Å². The molecule has 1 saturated carbocycles. The van der Waals surface area contributed by atoms with Gasteiger partial charge >= 0.3 is 5.97 Å². The Morgan fingerprint density at radius 2 is 1.75 bits per heavy atom. The summed E-state index contributed by atoms with van der Waals surface area (Å²) in [6.45, 7) is 6.14. The lowest BCUT2D eigenvalue weighted by Gasteiger charge is -2.29. The van der Waals surface area contributed by atoms with Crippen LogP contribution < -0.4 is 0 Å². The maximum atomic E-state index is 12.2. The van der Waals surface area contributed by atoms with Crippen molar-refractivity contribution in [2.45, 2.75) is 70.5 Å². The molecule has 1 aliphatic rings. The van der Waals surface area contributed by atoms with Gasteiger partial charge < -0.3 is 4.74 Å². The highest BCUT2D eigenvalue weighted by molar-refractivity contribution is 8.14. The van der Waals surface area contributed by atoms with E-state index in [-0.39, 0.29) is 21.7 Å². The largest absolute Gasteiger partial charge is 0.469 e.